The van der Waals surface area contributed by atoms with Gasteiger partial charge in [0.25, 0.3) is 0 Å². The quantitative estimate of drug-likeness (QED) is 0.625. The van der Waals surface area contributed by atoms with Crippen LogP contribution in [0.2, 0.25) is 0 Å². The molecule has 2 rings (SSSR count). The van der Waals surface area contributed by atoms with E-state index in [0.29, 0.717) is 0 Å². The van der Waals surface area contributed by atoms with Gasteiger partial charge in [-0.15, -0.1) is 0 Å². The molecule has 3 atom stereocenters. The van der Waals surface area contributed by atoms with Crippen molar-refractivity contribution >= 4 is 0 Å². The molecular weight excluding hydrogens is 164 g/mol. The van der Waals surface area contributed by atoms with Crippen LogP contribution in [0.5, 0.6) is 0 Å². The van der Waals surface area contributed by atoms with Crippen LogP contribution in [0.1, 0.15) is 32.1 Å². The maximum Gasteiger partial charge on any atom is 0.157 e. The third-order valence-electron chi connectivity index (χ3n) is 3.91. The molecule has 13 heavy (non-hydrogen) atoms. The molecule has 0 aromatic heterocycles. The van der Waals surface area contributed by atoms with Crippen LogP contribution in [0.4, 0.5) is 0 Å². The van der Waals surface area contributed by atoms with Gasteiger partial charge < -0.3 is 9.47 Å². The maximum atomic E-state index is 5.25. The van der Waals surface area contributed by atoms with E-state index in [-0.39, 0.29) is 6.29 Å². The Morgan fingerprint density at radius 2 is 1.92 bits per heavy atom. The highest BCUT2D eigenvalue weighted by molar-refractivity contribution is 4.90. The minimum atomic E-state index is 0.0318. The monoisotopic (exact) mass is 184 g/mol. The molecule has 76 valence electrons. The lowest BCUT2D eigenvalue weighted by atomic mass is 9.86. The van der Waals surface area contributed by atoms with Crippen molar-refractivity contribution in [2.75, 3.05) is 14.2 Å². The first-order valence-electron chi connectivity index (χ1n) is 5.39. The molecule has 2 saturated carbocycles. The van der Waals surface area contributed by atoms with Crippen molar-refractivity contribution in [2.24, 2.45) is 17.8 Å². The Labute approximate surface area is 80.6 Å². The van der Waals surface area contributed by atoms with Gasteiger partial charge in [-0.05, 0) is 37.0 Å². The lowest BCUT2D eigenvalue weighted by Gasteiger charge is -2.24. The standard InChI is InChI=1S/C11H20O2/c1-12-11(13-2)7-10-6-8-3-4-9(10)5-8/h8-11H,3-7H2,1-2H3. The van der Waals surface area contributed by atoms with Crippen LogP contribution in [-0.4, -0.2) is 20.5 Å². The van der Waals surface area contributed by atoms with E-state index in [1.54, 1.807) is 14.2 Å². The maximum absolute atomic E-state index is 5.25. The van der Waals surface area contributed by atoms with Gasteiger partial charge in [0.15, 0.2) is 6.29 Å². The number of rotatable bonds is 4. The number of methoxy groups -OCH3 is 2. The Morgan fingerprint density at radius 3 is 2.38 bits per heavy atom. The van der Waals surface area contributed by atoms with Gasteiger partial charge in [0.1, 0.15) is 0 Å². The normalized spacial score (nSPS) is 37.6. The predicted molar refractivity (Wildman–Crippen MR) is 51.4 cm³/mol. The lowest BCUT2D eigenvalue weighted by molar-refractivity contribution is -0.117. The summed E-state index contributed by atoms with van der Waals surface area (Å²) < 4.78 is 10.5. The summed E-state index contributed by atoms with van der Waals surface area (Å²) in [5, 5.41) is 0. The second-order valence-corrected chi connectivity index (χ2v) is 4.57. The topological polar surface area (TPSA) is 18.5 Å². The molecule has 0 N–H and O–H groups in total. The first-order valence-corrected chi connectivity index (χ1v) is 5.39. The first-order chi connectivity index (χ1) is 6.33. The summed E-state index contributed by atoms with van der Waals surface area (Å²) in [7, 11) is 3.47. The van der Waals surface area contributed by atoms with Crippen LogP contribution in [0.3, 0.4) is 0 Å². The molecule has 0 saturated heterocycles. The van der Waals surface area contributed by atoms with Gasteiger partial charge in [0.2, 0.25) is 0 Å². The van der Waals surface area contributed by atoms with Gasteiger partial charge in [-0.1, -0.05) is 6.42 Å². The van der Waals surface area contributed by atoms with Gasteiger partial charge in [-0.2, -0.15) is 0 Å². The third kappa shape index (κ3) is 1.89. The first kappa shape index (κ1) is 9.47. The van der Waals surface area contributed by atoms with Gasteiger partial charge in [0, 0.05) is 20.6 Å². The molecule has 0 aromatic rings. The zero-order valence-electron chi connectivity index (χ0n) is 8.66. The average molecular weight is 184 g/mol. The smallest absolute Gasteiger partial charge is 0.157 e. The summed E-state index contributed by atoms with van der Waals surface area (Å²) >= 11 is 0. The number of fused-ring (bicyclic) bond motifs is 2. The Bertz CT molecular complexity index is 165. The Balaban J connectivity index is 1.82. The van der Waals surface area contributed by atoms with E-state index in [0.717, 1.165) is 24.2 Å². The van der Waals surface area contributed by atoms with E-state index in [2.05, 4.69) is 0 Å². The Kier molecular flexibility index (Phi) is 2.89. The Hall–Kier alpha value is -0.0800. The molecule has 3 unspecified atom stereocenters. The highest BCUT2D eigenvalue weighted by atomic mass is 16.7. The summed E-state index contributed by atoms with van der Waals surface area (Å²) in [6.07, 6.45) is 6.97. The fourth-order valence-electron chi connectivity index (χ4n) is 3.20. The van der Waals surface area contributed by atoms with Gasteiger partial charge in [-0.3, -0.25) is 0 Å². The molecule has 0 radical (unpaired) electrons. The fourth-order valence-corrected chi connectivity index (χ4v) is 3.20. The van der Waals surface area contributed by atoms with Crippen molar-refractivity contribution in [3.8, 4) is 0 Å². The van der Waals surface area contributed by atoms with Crippen molar-refractivity contribution in [1.29, 1.82) is 0 Å². The third-order valence-corrected chi connectivity index (χ3v) is 3.91. The van der Waals surface area contributed by atoms with Crippen LogP contribution in [-0.2, 0) is 9.47 Å². The van der Waals surface area contributed by atoms with E-state index in [9.17, 15) is 0 Å². The van der Waals surface area contributed by atoms with E-state index in [1.165, 1.54) is 25.7 Å². The molecule has 2 nitrogen and oxygen atoms in total. The molecule has 2 heteroatoms. The van der Waals surface area contributed by atoms with E-state index >= 15 is 0 Å². The summed E-state index contributed by atoms with van der Waals surface area (Å²) in [4.78, 5) is 0. The van der Waals surface area contributed by atoms with Crippen molar-refractivity contribution in [1.82, 2.24) is 0 Å². The molecule has 2 aliphatic carbocycles. The summed E-state index contributed by atoms with van der Waals surface area (Å²) in [5.41, 5.74) is 0. The van der Waals surface area contributed by atoms with E-state index in [1.807, 2.05) is 0 Å². The second-order valence-electron chi connectivity index (χ2n) is 4.57. The highest BCUT2D eigenvalue weighted by Crippen LogP contribution is 2.49. The van der Waals surface area contributed by atoms with Gasteiger partial charge >= 0.3 is 0 Å². The van der Waals surface area contributed by atoms with Crippen molar-refractivity contribution in [3.05, 3.63) is 0 Å². The zero-order chi connectivity index (χ0) is 9.26. The highest BCUT2D eigenvalue weighted by Gasteiger charge is 2.40. The van der Waals surface area contributed by atoms with Gasteiger partial charge in [0.05, 0.1) is 0 Å². The largest absolute Gasteiger partial charge is 0.356 e. The van der Waals surface area contributed by atoms with Crippen molar-refractivity contribution < 1.29 is 9.47 Å². The SMILES string of the molecule is COC(CC1CC2CCC1C2)OC. The summed E-state index contributed by atoms with van der Waals surface area (Å²) in [5.74, 6) is 2.89. The van der Waals surface area contributed by atoms with E-state index < -0.39 is 0 Å². The van der Waals surface area contributed by atoms with Crippen molar-refractivity contribution in [3.63, 3.8) is 0 Å². The summed E-state index contributed by atoms with van der Waals surface area (Å²) in [6.45, 7) is 0. The van der Waals surface area contributed by atoms with Crippen LogP contribution in [0.15, 0.2) is 0 Å². The minimum absolute atomic E-state index is 0.0318. The second kappa shape index (κ2) is 3.97. The zero-order valence-corrected chi connectivity index (χ0v) is 8.66. The average Bonchev–Trinajstić information content (AvgIpc) is 2.75. The Morgan fingerprint density at radius 1 is 1.15 bits per heavy atom. The minimum Gasteiger partial charge on any atom is -0.356 e. The predicted octanol–water partition coefficient (Wildman–Crippen LogP) is 2.43. The number of hydrogen-bond acceptors (Lipinski definition) is 2. The molecular formula is C11H20O2. The van der Waals surface area contributed by atoms with Crippen LogP contribution < -0.4 is 0 Å². The molecule has 2 bridgehead atoms. The van der Waals surface area contributed by atoms with E-state index in [4.69, 9.17) is 9.47 Å². The molecule has 0 aromatic carbocycles. The molecule has 0 heterocycles. The number of hydrogen-bond donors (Lipinski definition) is 0. The molecule has 0 amide bonds. The van der Waals surface area contributed by atoms with Crippen LogP contribution in [0, 0.1) is 17.8 Å². The lowest BCUT2D eigenvalue weighted by Crippen LogP contribution is -2.21. The summed E-state index contributed by atoms with van der Waals surface area (Å²) in [6, 6.07) is 0. The van der Waals surface area contributed by atoms with Crippen LogP contribution in [0.25, 0.3) is 0 Å². The number of ether oxygens (including phenoxy) is 2. The molecule has 2 aliphatic rings. The fraction of sp³-hybridized carbons (Fsp3) is 1.00. The molecule has 0 spiro atoms. The van der Waals surface area contributed by atoms with Crippen LogP contribution >= 0.6 is 0 Å². The molecule has 2 fully saturated rings. The van der Waals surface area contributed by atoms with Crippen molar-refractivity contribution in [2.45, 2.75) is 38.4 Å². The molecule has 0 aliphatic heterocycles. The van der Waals surface area contributed by atoms with Gasteiger partial charge in [-0.25, -0.2) is 0 Å².